The van der Waals surface area contributed by atoms with Gasteiger partial charge in [0.25, 0.3) is 0 Å². The fourth-order valence-corrected chi connectivity index (χ4v) is 4.13. The molecule has 0 heterocycles. The van der Waals surface area contributed by atoms with Gasteiger partial charge in [-0.1, -0.05) is 0 Å². The molecule has 0 unspecified atom stereocenters. The summed E-state index contributed by atoms with van der Waals surface area (Å²) in [5, 5.41) is 0. The fraction of sp³-hybridized carbons (Fsp3) is 0.600. The minimum Gasteiger partial charge on any atom is -1.00 e. The molecule has 0 aliphatic rings. The summed E-state index contributed by atoms with van der Waals surface area (Å²) in [4.78, 5) is 0. The van der Waals surface area contributed by atoms with E-state index in [1.54, 1.807) is 0 Å². The molecule has 8 heavy (non-hydrogen) atoms. The van der Waals surface area contributed by atoms with Gasteiger partial charge in [0.05, 0.1) is 0 Å². The summed E-state index contributed by atoms with van der Waals surface area (Å²) in [5.74, 6) is 0. The fourth-order valence-electron chi connectivity index (χ4n) is 0.265. The Morgan fingerprint density at radius 1 is 1.25 bits per heavy atom. The molecule has 0 N–H and O–H groups in total. The molecule has 0 amide bonds. The molecule has 0 saturated heterocycles. The van der Waals surface area contributed by atoms with E-state index in [0.717, 1.165) is 18.3 Å². The van der Waals surface area contributed by atoms with Crippen LogP contribution in [0.15, 0.2) is 0 Å². The second-order valence-electron chi connectivity index (χ2n) is 2.55. The first-order valence-electron chi connectivity index (χ1n) is 2.35. The van der Waals surface area contributed by atoms with E-state index in [9.17, 15) is 0 Å². The first kappa shape index (κ1) is 11.6. The maximum absolute atomic E-state index is 3.23. The van der Waals surface area contributed by atoms with Crippen molar-refractivity contribution in [2.75, 3.05) is 0 Å². The topological polar surface area (TPSA) is 0 Å². The largest absolute Gasteiger partial charge is 1.00 e. The van der Waals surface area contributed by atoms with Crippen LogP contribution in [-0.4, -0.2) is 8.07 Å². The predicted octanol–water partition coefficient (Wildman–Crippen LogP) is -1.62. The van der Waals surface area contributed by atoms with Gasteiger partial charge in [-0.15, -0.1) is 0 Å². The molecule has 0 fully saturated rings. The molecular formula is C5H9BrSiZn. The van der Waals surface area contributed by atoms with E-state index in [2.05, 4.69) is 29.7 Å². The third-order valence-corrected chi connectivity index (χ3v) is 2.50. The van der Waals surface area contributed by atoms with Crippen LogP contribution < -0.4 is 17.0 Å². The number of halogens is 1. The number of hydrogen-bond donors (Lipinski definition) is 0. The van der Waals surface area contributed by atoms with Crippen LogP contribution in [-0.2, 0) is 18.3 Å². The van der Waals surface area contributed by atoms with Crippen molar-refractivity contribution in [2.45, 2.75) is 19.6 Å². The van der Waals surface area contributed by atoms with Gasteiger partial charge in [0.2, 0.25) is 0 Å². The van der Waals surface area contributed by atoms with Crippen LogP contribution in [0.25, 0.3) is 0 Å². The third kappa shape index (κ3) is 9.99. The summed E-state index contributed by atoms with van der Waals surface area (Å²) in [7, 11) is -0.987. The number of hydrogen-bond acceptors (Lipinski definition) is 0. The predicted molar refractivity (Wildman–Crippen MR) is 31.1 cm³/mol. The van der Waals surface area contributed by atoms with E-state index >= 15 is 0 Å². The zero-order chi connectivity index (χ0) is 5.91. The molecule has 0 aromatic rings. The SMILES string of the molecule is C[Si](C)(C)C#[C][Zn+].[Br-]. The van der Waals surface area contributed by atoms with Crippen molar-refractivity contribution in [2.24, 2.45) is 0 Å². The van der Waals surface area contributed by atoms with Gasteiger partial charge in [-0.2, -0.15) is 0 Å². The van der Waals surface area contributed by atoms with Gasteiger partial charge >= 0.3 is 56.1 Å². The molecule has 0 aliphatic heterocycles. The Morgan fingerprint density at radius 2 is 1.62 bits per heavy atom. The van der Waals surface area contributed by atoms with E-state index in [-0.39, 0.29) is 17.0 Å². The van der Waals surface area contributed by atoms with Crippen LogP contribution in [0.5, 0.6) is 0 Å². The number of rotatable bonds is 0. The molecule has 0 aromatic carbocycles. The minimum atomic E-state index is -0.987. The Balaban J connectivity index is 0. The smallest absolute Gasteiger partial charge is 1.00 e. The van der Waals surface area contributed by atoms with Gasteiger partial charge in [-0.05, 0) is 0 Å². The molecule has 0 aromatic heterocycles. The molecule has 0 nitrogen and oxygen atoms in total. The monoisotopic (exact) mass is 240 g/mol. The average Bonchev–Trinajstić information content (AvgIpc) is 1.30. The second kappa shape index (κ2) is 4.73. The maximum Gasteiger partial charge on any atom is -1.00 e. The normalized spacial score (nSPS) is 8.62. The van der Waals surface area contributed by atoms with Crippen molar-refractivity contribution < 1.29 is 35.3 Å². The maximum atomic E-state index is 3.23. The van der Waals surface area contributed by atoms with E-state index in [4.69, 9.17) is 0 Å². The standard InChI is InChI=1S/C5H9Si.BrH.Zn/c1-5-6(2,3)4;;/h2-4H3;1H;/q;;+1/p-1. The minimum absolute atomic E-state index is 0. The van der Waals surface area contributed by atoms with Gasteiger partial charge in [0.15, 0.2) is 0 Å². The molecule has 0 atom stereocenters. The Kier molecular flexibility index (Phi) is 6.89. The molecule has 0 rings (SSSR count). The third-order valence-electron chi connectivity index (χ3n) is 0.463. The van der Waals surface area contributed by atoms with Crippen LogP contribution in [0.1, 0.15) is 0 Å². The van der Waals surface area contributed by atoms with Gasteiger partial charge in [-0.3, -0.25) is 0 Å². The quantitative estimate of drug-likeness (QED) is 0.354. The summed E-state index contributed by atoms with van der Waals surface area (Å²) in [6.45, 7) is 6.78. The van der Waals surface area contributed by atoms with Gasteiger partial charge in [-0.25, -0.2) is 0 Å². The van der Waals surface area contributed by atoms with E-state index in [1.165, 1.54) is 0 Å². The Labute approximate surface area is 72.9 Å². The Morgan fingerprint density at radius 3 is 1.62 bits per heavy atom. The summed E-state index contributed by atoms with van der Waals surface area (Å²) >= 11 is 1.13. The zero-order valence-corrected chi connectivity index (χ0v) is 11.1. The molecule has 42 valence electrons. The van der Waals surface area contributed by atoms with Gasteiger partial charge in [0, 0.05) is 0 Å². The molecule has 0 radical (unpaired) electrons. The summed E-state index contributed by atoms with van der Waals surface area (Å²) in [5.41, 5.74) is 3.23. The second-order valence-corrected chi connectivity index (χ2v) is 8.04. The van der Waals surface area contributed by atoms with Crippen molar-refractivity contribution in [1.82, 2.24) is 0 Å². The average molecular weight is 243 g/mol. The van der Waals surface area contributed by atoms with E-state index in [1.807, 2.05) is 0 Å². The van der Waals surface area contributed by atoms with Crippen molar-refractivity contribution in [3.63, 3.8) is 0 Å². The first-order chi connectivity index (χ1) is 3.06. The van der Waals surface area contributed by atoms with Crippen LogP contribution in [0.3, 0.4) is 0 Å². The van der Waals surface area contributed by atoms with Crippen LogP contribution in [0.4, 0.5) is 0 Å². The summed E-state index contributed by atoms with van der Waals surface area (Å²) in [6, 6.07) is 0. The van der Waals surface area contributed by atoms with Crippen molar-refractivity contribution in [3.05, 3.63) is 0 Å². The Bertz CT molecular complexity index is 106. The molecule has 0 aliphatic carbocycles. The van der Waals surface area contributed by atoms with Gasteiger partial charge in [0.1, 0.15) is 0 Å². The summed E-state index contributed by atoms with van der Waals surface area (Å²) in [6.07, 6.45) is 0. The molecule has 3 heteroatoms. The first-order valence-corrected chi connectivity index (χ1v) is 7.34. The van der Waals surface area contributed by atoms with Crippen LogP contribution in [0.2, 0.25) is 19.6 Å². The molecular weight excluding hydrogens is 233 g/mol. The Hall–Kier alpha value is 0.880. The molecule has 0 spiro atoms. The summed E-state index contributed by atoms with van der Waals surface area (Å²) < 4.78 is 3.04. The van der Waals surface area contributed by atoms with Gasteiger partial charge < -0.3 is 17.0 Å². The zero-order valence-electron chi connectivity index (χ0n) is 5.59. The van der Waals surface area contributed by atoms with E-state index in [0.29, 0.717) is 0 Å². The van der Waals surface area contributed by atoms with Crippen LogP contribution >= 0.6 is 0 Å². The van der Waals surface area contributed by atoms with Crippen LogP contribution in [0, 0.1) is 10.1 Å². The van der Waals surface area contributed by atoms with Crippen molar-refractivity contribution >= 4 is 8.07 Å². The van der Waals surface area contributed by atoms with Crippen molar-refractivity contribution in [3.8, 4) is 10.1 Å². The molecule has 0 bridgehead atoms. The van der Waals surface area contributed by atoms with E-state index < -0.39 is 8.07 Å². The molecule has 0 saturated carbocycles. The van der Waals surface area contributed by atoms with Crippen molar-refractivity contribution in [1.29, 1.82) is 0 Å².